The molecule has 0 fully saturated rings. The Morgan fingerprint density at radius 2 is 1.92 bits per heavy atom. The van der Waals surface area contributed by atoms with Crippen LogP contribution in [0.2, 0.25) is 0 Å². The van der Waals surface area contributed by atoms with Gasteiger partial charge in [0.05, 0.1) is 6.04 Å². The maximum atomic E-state index is 13.1. The van der Waals surface area contributed by atoms with Crippen molar-refractivity contribution >= 4 is 0 Å². The van der Waals surface area contributed by atoms with Gasteiger partial charge < -0.3 is 0 Å². The molecule has 0 aliphatic rings. The zero-order valence-electron chi connectivity index (χ0n) is 7.35. The van der Waals surface area contributed by atoms with Crippen LogP contribution in [0.3, 0.4) is 0 Å². The molecule has 2 nitrogen and oxygen atoms in total. The van der Waals surface area contributed by atoms with E-state index >= 15 is 0 Å². The first-order valence-corrected chi connectivity index (χ1v) is 4.10. The lowest BCUT2D eigenvalue weighted by Crippen LogP contribution is -2.28. The van der Waals surface area contributed by atoms with Crippen LogP contribution in [-0.4, -0.2) is 0 Å². The molecule has 1 unspecified atom stereocenters. The maximum Gasteiger partial charge on any atom is 0.130 e. The zero-order valence-corrected chi connectivity index (χ0v) is 7.35. The lowest BCUT2D eigenvalue weighted by atomic mass is 10.0. The van der Waals surface area contributed by atoms with E-state index in [4.69, 9.17) is 5.84 Å². The van der Waals surface area contributed by atoms with Crippen LogP contribution in [0.25, 0.3) is 0 Å². The molecule has 1 atom stereocenters. The highest BCUT2D eigenvalue weighted by Gasteiger charge is 2.16. The van der Waals surface area contributed by atoms with E-state index in [0.717, 1.165) is 0 Å². The van der Waals surface area contributed by atoms with Crippen LogP contribution in [-0.2, 0) is 0 Å². The summed E-state index contributed by atoms with van der Waals surface area (Å²) >= 11 is 0. The molecule has 0 aliphatic carbocycles. The summed E-state index contributed by atoms with van der Waals surface area (Å²) in [5, 5.41) is 0. The van der Waals surface area contributed by atoms with E-state index in [1.807, 2.05) is 0 Å². The molecule has 4 heteroatoms. The van der Waals surface area contributed by atoms with Crippen molar-refractivity contribution in [1.82, 2.24) is 5.43 Å². The molecule has 0 saturated heterocycles. The van der Waals surface area contributed by atoms with Crippen molar-refractivity contribution in [1.29, 1.82) is 0 Å². The van der Waals surface area contributed by atoms with Crippen molar-refractivity contribution < 1.29 is 8.78 Å². The van der Waals surface area contributed by atoms with Gasteiger partial charge in [-0.3, -0.25) is 11.3 Å². The average Bonchev–Trinajstić information content (AvgIpc) is 2.11. The van der Waals surface area contributed by atoms with Crippen molar-refractivity contribution in [3.05, 3.63) is 35.4 Å². The van der Waals surface area contributed by atoms with Crippen LogP contribution < -0.4 is 11.3 Å². The Hall–Kier alpha value is -1.00. The normalized spacial score (nSPS) is 12.9. The molecule has 1 aromatic rings. The number of hydrazine groups is 1. The second-order valence-corrected chi connectivity index (χ2v) is 2.76. The van der Waals surface area contributed by atoms with Gasteiger partial charge >= 0.3 is 0 Å². The maximum absolute atomic E-state index is 13.1. The van der Waals surface area contributed by atoms with Crippen LogP contribution in [0.4, 0.5) is 8.78 Å². The van der Waals surface area contributed by atoms with Gasteiger partial charge in [0.2, 0.25) is 0 Å². The second kappa shape index (κ2) is 4.30. The van der Waals surface area contributed by atoms with Crippen LogP contribution in [0.1, 0.15) is 24.9 Å². The first-order chi connectivity index (χ1) is 6.20. The van der Waals surface area contributed by atoms with Crippen LogP contribution in [0.5, 0.6) is 0 Å². The fraction of sp³-hybridized carbons (Fsp3) is 0.333. The van der Waals surface area contributed by atoms with E-state index < -0.39 is 17.7 Å². The topological polar surface area (TPSA) is 38.0 Å². The summed E-state index contributed by atoms with van der Waals surface area (Å²) in [6.07, 6.45) is 0.536. The number of halogens is 2. The fourth-order valence-electron chi connectivity index (χ4n) is 1.25. The molecule has 0 heterocycles. The largest absolute Gasteiger partial charge is 0.271 e. The number of benzene rings is 1. The molecule has 1 aromatic carbocycles. The highest BCUT2D eigenvalue weighted by Crippen LogP contribution is 2.21. The summed E-state index contributed by atoms with van der Waals surface area (Å²) in [4.78, 5) is 0. The molecule has 0 aliphatic heterocycles. The van der Waals surface area contributed by atoms with Crippen LogP contribution in [0, 0.1) is 11.6 Å². The zero-order chi connectivity index (χ0) is 9.84. The first kappa shape index (κ1) is 10.1. The SMILES string of the molecule is CCC(NN)c1c(F)cccc1F. The van der Waals surface area contributed by atoms with Crippen molar-refractivity contribution in [3.8, 4) is 0 Å². The van der Waals surface area contributed by atoms with Crippen molar-refractivity contribution in [3.63, 3.8) is 0 Å². The van der Waals surface area contributed by atoms with Gasteiger partial charge in [0.15, 0.2) is 0 Å². The smallest absolute Gasteiger partial charge is 0.130 e. The molecule has 0 amide bonds. The minimum Gasteiger partial charge on any atom is -0.271 e. The van der Waals surface area contributed by atoms with Crippen LogP contribution in [0.15, 0.2) is 18.2 Å². The molecule has 1 rings (SSSR count). The molecule has 0 radical (unpaired) electrons. The van der Waals surface area contributed by atoms with Crippen molar-refractivity contribution in [2.75, 3.05) is 0 Å². The van der Waals surface area contributed by atoms with Gasteiger partial charge in [-0.1, -0.05) is 13.0 Å². The fourth-order valence-corrected chi connectivity index (χ4v) is 1.25. The molecular formula is C9H12F2N2. The average molecular weight is 186 g/mol. The Morgan fingerprint density at radius 3 is 2.31 bits per heavy atom. The lowest BCUT2D eigenvalue weighted by molar-refractivity contribution is 0.466. The lowest BCUT2D eigenvalue weighted by Gasteiger charge is -2.15. The molecule has 3 N–H and O–H groups in total. The van der Waals surface area contributed by atoms with Gasteiger partial charge in [-0.05, 0) is 18.6 Å². The summed E-state index contributed by atoms with van der Waals surface area (Å²) in [7, 11) is 0. The predicted molar refractivity (Wildman–Crippen MR) is 46.7 cm³/mol. The molecule has 72 valence electrons. The molecule has 0 spiro atoms. The van der Waals surface area contributed by atoms with Crippen molar-refractivity contribution in [2.24, 2.45) is 5.84 Å². The second-order valence-electron chi connectivity index (χ2n) is 2.76. The molecule has 0 saturated carbocycles. The minimum atomic E-state index is -0.565. The highest BCUT2D eigenvalue weighted by molar-refractivity contribution is 5.22. The summed E-state index contributed by atoms with van der Waals surface area (Å²) in [5.41, 5.74) is 2.38. The Labute approximate surface area is 75.7 Å². The van der Waals surface area contributed by atoms with E-state index in [0.29, 0.717) is 6.42 Å². The number of nitrogens with two attached hydrogens (primary N) is 1. The van der Waals surface area contributed by atoms with E-state index in [1.54, 1.807) is 6.92 Å². The third-order valence-electron chi connectivity index (χ3n) is 1.96. The summed E-state index contributed by atoms with van der Waals surface area (Å²) in [6, 6.07) is 3.30. The third-order valence-corrected chi connectivity index (χ3v) is 1.96. The van der Waals surface area contributed by atoms with E-state index in [9.17, 15) is 8.78 Å². The monoisotopic (exact) mass is 186 g/mol. The van der Waals surface area contributed by atoms with E-state index in [1.165, 1.54) is 18.2 Å². The Balaban J connectivity index is 3.10. The standard InChI is InChI=1S/C9H12F2N2/c1-2-8(13-12)9-6(10)4-3-5-7(9)11/h3-5,8,13H,2,12H2,1H3. The molecule has 0 aromatic heterocycles. The van der Waals surface area contributed by atoms with Gasteiger partial charge in [-0.25, -0.2) is 8.78 Å². The quantitative estimate of drug-likeness (QED) is 0.558. The van der Waals surface area contributed by atoms with Crippen LogP contribution >= 0.6 is 0 Å². The van der Waals surface area contributed by atoms with Gasteiger partial charge in [-0.2, -0.15) is 0 Å². The Bertz CT molecular complexity index is 265. The summed E-state index contributed by atoms with van der Waals surface area (Å²) < 4.78 is 26.3. The minimum absolute atomic E-state index is 0.00694. The van der Waals surface area contributed by atoms with Crippen molar-refractivity contribution in [2.45, 2.75) is 19.4 Å². The Morgan fingerprint density at radius 1 is 1.38 bits per heavy atom. The summed E-state index contributed by atoms with van der Waals surface area (Å²) in [6.45, 7) is 1.80. The van der Waals surface area contributed by atoms with E-state index in [2.05, 4.69) is 5.43 Å². The van der Waals surface area contributed by atoms with Gasteiger partial charge in [0.25, 0.3) is 0 Å². The highest BCUT2D eigenvalue weighted by atomic mass is 19.1. The number of hydrogen-bond donors (Lipinski definition) is 2. The summed E-state index contributed by atoms with van der Waals surface area (Å²) in [5.74, 6) is 4.04. The van der Waals surface area contributed by atoms with Gasteiger partial charge in [0, 0.05) is 5.56 Å². The molecular weight excluding hydrogens is 174 g/mol. The first-order valence-electron chi connectivity index (χ1n) is 4.10. The van der Waals surface area contributed by atoms with Gasteiger partial charge in [0.1, 0.15) is 11.6 Å². The number of rotatable bonds is 3. The van der Waals surface area contributed by atoms with E-state index in [-0.39, 0.29) is 5.56 Å². The number of hydrogen-bond acceptors (Lipinski definition) is 2. The molecule has 0 bridgehead atoms. The number of nitrogens with one attached hydrogen (secondary N) is 1. The third kappa shape index (κ3) is 2.02. The Kier molecular flexibility index (Phi) is 3.33. The van der Waals surface area contributed by atoms with Gasteiger partial charge in [-0.15, -0.1) is 0 Å². The predicted octanol–water partition coefficient (Wildman–Crippen LogP) is 1.88. The molecule has 13 heavy (non-hydrogen) atoms.